The summed E-state index contributed by atoms with van der Waals surface area (Å²) in [5.41, 5.74) is 4.75. The number of para-hydroxylation sites is 1. The predicted molar refractivity (Wildman–Crippen MR) is 148 cm³/mol. The molecule has 1 amide bonds. The standard InChI is InChI=1S/C29H25BrN2O2S/c30-22-14-10-21(11-15-22)19-34-24-16-12-20(13-17-24)18-31-29-27(25-8-4-5-9-26(25)35-29)28(33)32-23-6-2-1-3-7-23/h1-3,6-7,10-18H,4-5,8-9,19H2,(H,32,33). The van der Waals surface area contributed by atoms with Crippen LogP contribution in [-0.2, 0) is 19.4 Å². The van der Waals surface area contributed by atoms with Crippen LogP contribution in [0, 0.1) is 0 Å². The maximum Gasteiger partial charge on any atom is 0.259 e. The smallest absolute Gasteiger partial charge is 0.259 e. The summed E-state index contributed by atoms with van der Waals surface area (Å²) in [5, 5.41) is 3.82. The van der Waals surface area contributed by atoms with Crippen LogP contribution in [0.3, 0.4) is 0 Å². The fraction of sp³-hybridized carbons (Fsp3) is 0.172. The average Bonchev–Trinajstić information content (AvgIpc) is 3.27. The summed E-state index contributed by atoms with van der Waals surface area (Å²) in [6, 6.07) is 25.5. The molecule has 0 bridgehead atoms. The summed E-state index contributed by atoms with van der Waals surface area (Å²) in [5.74, 6) is 0.721. The van der Waals surface area contributed by atoms with Gasteiger partial charge in [-0.25, -0.2) is 4.99 Å². The monoisotopic (exact) mass is 544 g/mol. The number of aryl methyl sites for hydroxylation is 1. The summed E-state index contributed by atoms with van der Waals surface area (Å²) in [6.07, 6.45) is 6.06. The number of anilines is 1. The Morgan fingerprint density at radius 2 is 1.71 bits per heavy atom. The van der Waals surface area contributed by atoms with Crippen LogP contribution in [0.1, 0.15) is 44.8 Å². The van der Waals surface area contributed by atoms with Crippen molar-refractivity contribution in [3.05, 3.63) is 110 Å². The first kappa shape index (κ1) is 23.5. The van der Waals surface area contributed by atoms with Gasteiger partial charge in [0.2, 0.25) is 0 Å². The van der Waals surface area contributed by atoms with Gasteiger partial charge in [0, 0.05) is 21.3 Å². The Bertz CT molecular complexity index is 1330. The molecule has 0 radical (unpaired) electrons. The largest absolute Gasteiger partial charge is 0.489 e. The molecule has 0 saturated heterocycles. The Kier molecular flexibility index (Phi) is 7.40. The Morgan fingerprint density at radius 3 is 2.49 bits per heavy atom. The molecule has 1 heterocycles. The van der Waals surface area contributed by atoms with E-state index in [-0.39, 0.29) is 5.91 Å². The molecule has 0 unspecified atom stereocenters. The molecular weight excluding hydrogens is 520 g/mol. The van der Waals surface area contributed by atoms with Gasteiger partial charge in [-0.3, -0.25) is 4.79 Å². The number of fused-ring (bicyclic) bond motifs is 1. The highest BCUT2D eigenvalue weighted by atomic mass is 79.9. The quantitative estimate of drug-likeness (QED) is 0.240. The lowest BCUT2D eigenvalue weighted by Crippen LogP contribution is -2.14. The van der Waals surface area contributed by atoms with Gasteiger partial charge in [-0.1, -0.05) is 46.3 Å². The second-order valence-corrected chi connectivity index (χ2v) is 10.5. The van der Waals surface area contributed by atoms with Crippen molar-refractivity contribution in [3.63, 3.8) is 0 Å². The molecule has 35 heavy (non-hydrogen) atoms. The highest BCUT2D eigenvalue weighted by molar-refractivity contribution is 9.10. The lowest BCUT2D eigenvalue weighted by Gasteiger charge is -2.12. The molecule has 1 aromatic heterocycles. The van der Waals surface area contributed by atoms with E-state index in [4.69, 9.17) is 9.73 Å². The van der Waals surface area contributed by atoms with Crippen molar-refractivity contribution < 1.29 is 9.53 Å². The van der Waals surface area contributed by atoms with Crippen LogP contribution in [-0.4, -0.2) is 12.1 Å². The number of aliphatic imine (C=N–C) groups is 1. The van der Waals surface area contributed by atoms with Crippen LogP contribution >= 0.6 is 27.3 Å². The third-order valence-corrected chi connectivity index (χ3v) is 7.67. The van der Waals surface area contributed by atoms with E-state index in [1.807, 2.05) is 85.1 Å². The van der Waals surface area contributed by atoms with Crippen molar-refractivity contribution >= 4 is 50.1 Å². The molecule has 176 valence electrons. The zero-order valence-corrected chi connectivity index (χ0v) is 21.6. The average molecular weight is 546 g/mol. The number of rotatable bonds is 7. The lowest BCUT2D eigenvalue weighted by molar-refractivity contribution is 0.102. The van der Waals surface area contributed by atoms with Crippen LogP contribution in [0.4, 0.5) is 10.7 Å². The van der Waals surface area contributed by atoms with E-state index in [0.717, 1.165) is 63.3 Å². The van der Waals surface area contributed by atoms with Gasteiger partial charge in [-0.2, -0.15) is 0 Å². The highest BCUT2D eigenvalue weighted by Gasteiger charge is 2.25. The number of halogens is 1. The third kappa shape index (κ3) is 5.89. The third-order valence-electron chi connectivity index (χ3n) is 5.94. The summed E-state index contributed by atoms with van der Waals surface area (Å²) < 4.78 is 6.95. The number of amides is 1. The Hall–Kier alpha value is -3.22. The van der Waals surface area contributed by atoms with Crippen LogP contribution in [0.5, 0.6) is 5.75 Å². The van der Waals surface area contributed by atoms with Gasteiger partial charge in [0.05, 0.1) is 5.56 Å². The minimum Gasteiger partial charge on any atom is -0.489 e. The Morgan fingerprint density at radius 1 is 0.971 bits per heavy atom. The van der Waals surface area contributed by atoms with Crippen LogP contribution < -0.4 is 10.1 Å². The molecule has 0 saturated carbocycles. The summed E-state index contributed by atoms with van der Waals surface area (Å²) >= 11 is 5.09. The molecule has 6 heteroatoms. The molecule has 0 atom stereocenters. The fourth-order valence-corrected chi connectivity index (χ4v) is 5.62. The molecule has 3 aromatic carbocycles. The van der Waals surface area contributed by atoms with Gasteiger partial charge in [-0.15, -0.1) is 11.3 Å². The second kappa shape index (κ2) is 11.0. The Balaban J connectivity index is 1.31. The molecule has 0 spiro atoms. The molecule has 1 N–H and O–H groups in total. The molecule has 5 rings (SSSR count). The van der Waals surface area contributed by atoms with Crippen LogP contribution in [0.15, 0.2) is 88.3 Å². The highest BCUT2D eigenvalue weighted by Crippen LogP contribution is 2.40. The fourth-order valence-electron chi connectivity index (χ4n) is 4.12. The SMILES string of the molecule is O=C(Nc1ccccc1)c1c(N=Cc2ccc(OCc3ccc(Br)cc3)cc2)sc2c1CCCC2. The lowest BCUT2D eigenvalue weighted by atomic mass is 9.95. The van der Waals surface area contributed by atoms with E-state index in [1.54, 1.807) is 11.3 Å². The van der Waals surface area contributed by atoms with Gasteiger partial charge >= 0.3 is 0 Å². The first-order valence-electron chi connectivity index (χ1n) is 11.7. The van der Waals surface area contributed by atoms with Gasteiger partial charge in [0.25, 0.3) is 5.91 Å². The summed E-state index contributed by atoms with van der Waals surface area (Å²) in [6.45, 7) is 0.515. The van der Waals surface area contributed by atoms with E-state index in [0.29, 0.717) is 6.61 Å². The van der Waals surface area contributed by atoms with E-state index >= 15 is 0 Å². The number of ether oxygens (including phenoxy) is 1. The first-order chi connectivity index (χ1) is 17.2. The van der Waals surface area contributed by atoms with Crippen molar-refractivity contribution in [1.29, 1.82) is 0 Å². The molecule has 1 aliphatic carbocycles. The molecule has 4 aromatic rings. The van der Waals surface area contributed by atoms with E-state index < -0.39 is 0 Å². The topological polar surface area (TPSA) is 50.7 Å². The molecule has 0 fully saturated rings. The number of thiophene rings is 1. The summed E-state index contributed by atoms with van der Waals surface area (Å²) in [4.78, 5) is 19.3. The van der Waals surface area contributed by atoms with Gasteiger partial charge < -0.3 is 10.1 Å². The van der Waals surface area contributed by atoms with Gasteiger partial charge in [0.1, 0.15) is 17.4 Å². The number of carbonyl (C=O) groups is 1. The molecule has 4 nitrogen and oxygen atoms in total. The van der Waals surface area contributed by atoms with Crippen molar-refractivity contribution in [3.8, 4) is 5.75 Å². The molecule has 0 aliphatic heterocycles. The van der Waals surface area contributed by atoms with Crippen molar-refractivity contribution in [1.82, 2.24) is 0 Å². The number of hydrogen-bond acceptors (Lipinski definition) is 4. The van der Waals surface area contributed by atoms with E-state index in [2.05, 4.69) is 21.2 Å². The van der Waals surface area contributed by atoms with Crippen LogP contribution in [0.25, 0.3) is 0 Å². The number of nitrogens with one attached hydrogen (secondary N) is 1. The predicted octanol–water partition coefficient (Wildman–Crippen LogP) is 7.97. The number of benzene rings is 3. The van der Waals surface area contributed by atoms with Gasteiger partial charge in [-0.05, 0) is 90.9 Å². The number of nitrogens with zero attached hydrogens (tertiary/aromatic N) is 1. The zero-order valence-electron chi connectivity index (χ0n) is 19.2. The maximum absolute atomic E-state index is 13.2. The minimum absolute atomic E-state index is 0.0839. The normalized spacial score (nSPS) is 12.9. The Labute approximate surface area is 217 Å². The van der Waals surface area contributed by atoms with Crippen molar-refractivity contribution in [2.24, 2.45) is 4.99 Å². The van der Waals surface area contributed by atoms with Crippen molar-refractivity contribution in [2.75, 3.05) is 5.32 Å². The van der Waals surface area contributed by atoms with E-state index in [9.17, 15) is 4.79 Å². The molecule has 1 aliphatic rings. The number of carbonyl (C=O) groups excluding carboxylic acids is 1. The van der Waals surface area contributed by atoms with Crippen molar-refractivity contribution in [2.45, 2.75) is 32.3 Å². The zero-order chi connectivity index (χ0) is 24.0. The molecular formula is C29H25BrN2O2S. The maximum atomic E-state index is 13.2. The summed E-state index contributed by atoms with van der Waals surface area (Å²) in [7, 11) is 0. The van der Waals surface area contributed by atoms with E-state index in [1.165, 1.54) is 10.4 Å². The van der Waals surface area contributed by atoms with Gasteiger partial charge in [0.15, 0.2) is 0 Å². The van der Waals surface area contributed by atoms with Crippen LogP contribution in [0.2, 0.25) is 0 Å². The second-order valence-electron chi connectivity index (χ2n) is 8.45. The minimum atomic E-state index is -0.0839. The first-order valence-corrected chi connectivity index (χ1v) is 13.3. The number of hydrogen-bond donors (Lipinski definition) is 1.